The molecule has 3 aromatic rings. The van der Waals surface area contributed by atoms with Crippen molar-refractivity contribution in [3.8, 4) is 11.5 Å². The van der Waals surface area contributed by atoms with E-state index in [2.05, 4.69) is 9.50 Å². The summed E-state index contributed by atoms with van der Waals surface area (Å²) in [6, 6.07) is 5.57. The predicted molar refractivity (Wildman–Crippen MR) is 114 cm³/mol. The van der Waals surface area contributed by atoms with Crippen molar-refractivity contribution in [3.63, 3.8) is 0 Å². The van der Waals surface area contributed by atoms with Gasteiger partial charge in [0.2, 0.25) is 0 Å². The lowest BCUT2D eigenvalue weighted by atomic mass is 10.0. The molecule has 0 saturated heterocycles. The Kier molecular flexibility index (Phi) is 5.20. The van der Waals surface area contributed by atoms with Gasteiger partial charge in [0.25, 0.3) is 5.56 Å². The van der Waals surface area contributed by atoms with Gasteiger partial charge in [-0.15, -0.1) is 0 Å². The fraction of sp³-hybridized carbons (Fsp3) is 0.400. The smallest absolute Gasteiger partial charge is 0.261 e. The Morgan fingerprint density at radius 2 is 1.93 bits per heavy atom. The zero-order valence-corrected chi connectivity index (χ0v) is 18.1. The molecule has 0 radical (unpaired) electrons. The number of hydrogen-bond acceptors (Lipinski definition) is 5. The van der Waals surface area contributed by atoms with E-state index >= 15 is 0 Å². The lowest BCUT2D eigenvalue weighted by molar-refractivity contribution is 0.561. The van der Waals surface area contributed by atoms with Gasteiger partial charge in [0, 0.05) is 25.9 Å². The molecule has 8 heteroatoms. The van der Waals surface area contributed by atoms with E-state index in [1.54, 1.807) is 24.9 Å². The second kappa shape index (κ2) is 7.18. The molecule has 1 atom stereocenters. The van der Waals surface area contributed by atoms with Gasteiger partial charge in [-0.2, -0.15) is 5.10 Å². The topological polar surface area (TPSA) is 88.1 Å². The van der Waals surface area contributed by atoms with E-state index in [0.29, 0.717) is 33.7 Å². The number of aryl methyl sites for hydroxylation is 2. The molecule has 0 saturated carbocycles. The molecule has 0 aliphatic carbocycles. The summed E-state index contributed by atoms with van der Waals surface area (Å²) in [5.74, 6) is 0.480. The van der Waals surface area contributed by atoms with Gasteiger partial charge in [-0.1, -0.05) is 4.40 Å². The van der Waals surface area contributed by atoms with Gasteiger partial charge >= 0.3 is 0 Å². The molecule has 148 valence electrons. The summed E-state index contributed by atoms with van der Waals surface area (Å²) in [5, 5.41) is 4.89. The SMILES string of the molecule is C/C(=N/[S@+]([O-])C(C)(C)C)c1cc(C)cc2c(=O)n(C)c(-c3ccn(C)n3)nc12. The highest BCUT2D eigenvalue weighted by atomic mass is 32.2. The molecule has 28 heavy (non-hydrogen) atoms. The molecule has 0 amide bonds. The van der Waals surface area contributed by atoms with Gasteiger partial charge in [0.05, 0.1) is 16.6 Å². The lowest BCUT2D eigenvalue weighted by Gasteiger charge is -2.19. The third-order valence-electron chi connectivity index (χ3n) is 4.40. The molecule has 0 N–H and O–H groups in total. The monoisotopic (exact) mass is 399 g/mol. The summed E-state index contributed by atoms with van der Waals surface area (Å²) in [4.78, 5) is 17.8. The maximum Gasteiger partial charge on any atom is 0.261 e. The number of nitrogens with zero attached hydrogens (tertiary/aromatic N) is 5. The minimum Gasteiger partial charge on any atom is -0.591 e. The molecular formula is C20H25N5O2S. The van der Waals surface area contributed by atoms with Crippen molar-refractivity contribution in [3.05, 3.63) is 45.9 Å². The Bertz CT molecular complexity index is 1140. The van der Waals surface area contributed by atoms with Crippen molar-refractivity contribution >= 4 is 28.0 Å². The predicted octanol–water partition coefficient (Wildman–Crippen LogP) is 2.91. The summed E-state index contributed by atoms with van der Waals surface area (Å²) < 4.78 is 19.6. The molecule has 0 aliphatic rings. The molecule has 7 nitrogen and oxygen atoms in total. The van der Waals surface area contributed by atoms with Crippen LogP contribution in [0.1, 0.15) is 38.8 Å². The highest BCUT2D eigenvalue weighted by Crippen LogP contribution is 2.24. The van der Waals surface area contributed by atoms with E-state index in [0.717, 1.165) is 5.56 Å². The standard InChI is InChI=1S/C20H25N5O2S/c1-12-10-14(13(2)23-28(27)20(3,4)5)17-15(11-12)19(26)25(7)18(21-17)16-8-9-24(6)22-16/h8-11H,1-7H3/b23-13-/t28-/m1/s1. The Balaban J connectivity index is 2.31. The second-order valence-electron chi connectivity index (χ2n) is 7.92. The average Bonchev–Trinajstić information content (AvgIpc) is 3.03. The molecule has 0 spiro atoms. The zero-order chi connectivity index (χ0) is 20.8. The zero-order valence-electron chi connectivity index (χ0n) is 17.3. The van der Waals surface area contributed by atoms with E-state index in [1.165, 1.54) is 4.57 Å². The summed E-state index contributed by atoms with van der Waals surface area (Å²) in [7, 11) is 3.51. The van der Waals surface area contributed by atoms with Crippen molar-refractivity contribution in [2.75, 3.05) is 0 Å². The van der Waals surface area contributed by atoms with Crippen LogP contribution in [-0.2, 0) is 25.5 Å². The summed E-state index contributed by atoms with van der Waals surface area (Å²) in [6.07, 6.45) is 1.81. The lowest BCUT2D eigenvalue weighted by Crippen LogP contribution is -2.27. The second-order valence-corrected chi connectivity index (χ2v) is 9.83. The quantitative estimate of drug-likeness (QED) is 0.500. The van der Waals surface area contributed by atoms with Crippen LogP contribution in [0, 0.1) is 6.92 Å². The van der Waals surface area contributed by atoms with Gasteiger partial charge in [-0.05, 0) is 58.4 Å². The first-order valence-corrected chi connectivity index (χ1v) is 10.1. The Hall–Kier alpha value is -2.45. The number of fused-ring (bicyclic) bond motifs is 1. The first-order valence-electron chi connectivity index (χ1n) is 8.98. The molecule has 2 aromatic heterocycles. The minimum atomic E-state index is -1.40. The third-order valence-corrected chi connectivity index (χ3v) is 5.89. The van der Waals surface area contributed by atoms with Crippen molar-refractivity contribution in [2.24, 2.45) is 18.5 Å². The van der Waals surface area contributed by atoms with Crippen molar-refractivity contribution in [2.45, 2.75) is 39.4 Å². The Morgan fingerprint density at radius 3 is 2.50 bits per heavy atom. The summed E-state index contributed by atoms with van der Waals surface area (Å²) in [6.45, 7) is 9.35. The molecule has 1 aromatic carbocycles. The van der Waals surface area contributed by atoms with Gasteiger partial charge in [-0.25, -0.2) is 4.98 Å². The third kappa shape index (κ3) is 3.74. The van der Waals surface area contributed by atoms with Crippen LogP contribution in [0.3, 0.4) is 0 Å². The van der Waals surface area contributed by atoms with E-state index in [1.807, 2.05) is 52.9 Å². The number of rotatable bonds is 3. The van der Waals surface area contributed by atoms with Crippen molar-refractivity contribution < 1.29 is 4.55 Å². The number of benzene rings is 1. The fourth-order valence-corrected chi connectivity index (χ4v) is 3.49. The van der Waals surface area contributed by atoms with Crippen LogP contribution in [0.4, 0.5) is 0 Å². The molecule has 0 unspecified atom stereocenters. The van der Waals surface area contributed by atoms with E-state index in [4.69, 9.17) is 4.98 Å². The summed E-state index contributed by atoms with van der Waals surface area (Å²) >= 11 is -1.40. The van der Waals surface area contributed by atoms with Gasteiger partial charge in [-0.3, -0.25) is 14.0 Å². The van der Waals surface area contributed by atoms with Gasteiger partial charge in [0.1, 0.15) is 21.8 Å². The van der Waals surface area contributed by atoms with Gasteiger partial charge < -0.3 is 4.55 Å². The van der Waals surface area contributed by atoms with Crippen LogP contribution >= 0.6 is 0 Å². The number of hydrogen-bond donors (Lipinski definition) is 0. The molecule has 0 aliphatic heterocycles. The largest absolute Gasteiger partial charge is 0.591 e. The molecule has 3 rings (SSSR count). The minimum absolute atomic E-state index is 0.152. The first kappa shape index (κ1) is 20.3. The highest BCUT2D eigenvalue weighted by Gasteiger charge is 2.27. The maximum atomic E-state index is 13.0. The Labute approximate surface area is 167 Å². The van der Waals surface area contributed by atoms with Crippen LogP contribution in [0.2, 0.25) is 0 Å². The van der Waals surface area contributed by atoms with E-state index in [9.17, 15) is 9.35 Å². The molecular weight excluding hydrogens is 374 g/mol. The van der Waals surface area contributed by atoms with Gasteiger partial charge in [0.15, 0.2) is 5.82 Å². The molecule has 0 bridgehead atoms. The van der Waals surface area contributed by atoms with Crippen LogP contribution in [-0.4, -0.2) is 34.3 Å². The van der Waals surface area contributed by atoms with Crippen molar-refractivity contribution in [1.82, 2.24) is 19.3 Å². The van der Waals surface area contributed by atoms with Crippen LogP contribution in [0.15, 0.2) is 33.6 Å². The van der Waals surface area contributed by atoms with Crippen molar-refractivity contribution in [1.29, 1.82) is 0 Å². The normalized spacial score (nSPS) is 13.9. The van der Waals surface area contributed by atoms with Crippen LogP contribution in [0.5, 0.6) is 0 Å². The van der Waals surface area contributed by atoms with E-state index < -0.39 is 16.1 Å². The van der Waals surface area contributed by atoms with Crippen LogP contribution < -0.4 is 5.56 Å². The number of aromatic nitrogens is 4. The summed E-state index contributed by atoms with van der Waals surface area (Å²) in [5.41, 5.74) is 3.23. The first-order chi connectivity index (χ1) is 13.0. The highest BCUT2D eigenvalue weighted by molar-refractivity contribution is 7.91. The fourth-order valence-electron chi connectivity index (χ4n) is 2.87. The average molecular weight is 400 g/mol. The molecule has 0 fully saturated rings. The maximum absolute atomic E-state index is 13.0. The van der Waals surface area contributed by atoms with E-state index in [-0.39, 0.29) is 5.56 Å². The molecule has 2 heterocycles. The van der Waals surface area contributed by atoms with Crippen LogP contribution in [0.25, 0.3) is 22.4 Å². The Morgan fingerprint density at radius 1 is 1.25 bits per heavy atom.